The molecule has 8 aromatic carbocycles. The fourth-order valence-corrected chi connectivity index (χ4v) is 27.3. The first-order valence-electron chi connectivity index (χ1n) is 30.7. The summed E-state index contributed by atoms with van der Waals surface area (Å²) in [5.41, 5.74) is 9.50. The molecule has 2 aromatic heterocycles. The van der Waals surface area contributed by atoms with Gasteiger partial charge in [0, 0.05) is 43.8 Å². The van der Waals surface area contributed by atoms with Gasteiger partial charge in [-0.05, 0) is 48.5 Å². The molecule has 420 valence electrons. The molecule has 6 nitrogen and oxygen atoms in total. The van der Waals surface area contributed by atoms with E-state index >= 15 is 0 Å². The molecule has 0 amide bonds. The van der Waals surface area contributed by atoms with Crippen LogP contribution in [0, 0.1) is 0 Å². The lowest BCUT2D eigenvalue weighted by Crippen LogP contribution is -2.47. The number of phenols is 2. The molecule has 81 heavy (non-hydrogen) atoms. The van der Waals surface area contributed by atoms with Crippen LogP contribution >= 0.6 is 0 Å². The molecule has 0 saturated carbocycles. The number of nitrogens with zero attached hydrogens (tertiary/aromatic N) is 2. The topological polar surface area (TPSA) is 68.8 Å². The number of ether oxygens (including phenoxy) is 2. The summed E-state index contributed by atoms with van der Waals surface area (Å²) in [5, 5.41) is 33.6. The molecule has 2 N–H and O–H groups in total. The molecule has 0 aliphatic rings. The van der Waals surface area contributed by atoms with Crippen LogP contribution in [0.5, 0.6) is 23.0 Å². The first-order valence-corrected chi connectivity index (χ1v) is 38.8. The third-order valence-electron chi connectivity index (χ3n) is 18.3. The highest BCUT2D eigenvalue weighted by molar-refractivity contribution is 6.92. The smallest absolute Gasteiger partial charge is 0.147 e. The number of fused-ring (bicyclic) bond motifs is 6. The van der Waals surface area contributed by atoms with E-state index in [4.69, 9.17) is 9.47 Å². The highest BCUT2D eigenvalue weighted by atomic mass is 28.3. The Labute approximate surface area is 485 Å². The standard InChI is InChI=1S/C72H86N2O4Si3/c1-9-41-80(42-10-2,43-11-3)53-47-61(71(75)67(49-53)73-63-35-23-17-29-55(63)56-30-18-24-36-64(56)73)59-33-21-27-39-69(59)77-51-79(15-7,16-8)52-78-70-40-28-22-34-60(70)62-48-54(81(44-12-4,45-13-5)46-14-6)50-68(72(62)76)74-65-37-25-19-31-57(65)58-32-20-26-38-66(58)74/h17-40,47-50,75-76H,9-16,41-46,51-52H2,1-8H3. The van der Waals surface area contributed by atoms with Gasteiger partial charge in [-0.3, -0.25) is 0 Å². The lowest BCUT2D eigenvalue weighted by molar-refractivity contribution is 0.342. The minimum Gasteiger partial charge on any atom is -0.505 e. The average Bonchev–Trinajstić information content (AvgIpc) is 4.16. The third-order valence-corrected chi connectivity index (χ3v) is 34.6. The van der Waals surface area contributed by atoms with Gasteiger partial charge in [-0.15, -0.1) is 0 Å². The van der Waals surface area contributed by atoms with Crippen LogP contribution in [-0.4, -0.2) is 56.0 Å². The fourth-order valence-electron chi connectivity index (χ4n) is 14.2. The molecule has 10 rings (SSSR count). The number of hydrogen-bond donors (Lipinski definition) is 2. The van der Waals surface area contributed by atoms with Crippen LogP contribution < -0.4 is 19.8 Å². The first-order chi connectivity index (χ1) is 39.6. The highest BCUT2D eigenvalue weighted by Gasteiger charge is 2.38. The molecule has 0 bridgehead atoms. The van der Waals surface area contributed by atoms with Crippen molar-refractivity contribution >= 4 is 78.2 Å². The van der Waals surface area contributed by atoms with Crippen LogP contribution in [-0.2, 0) is 0 Å². The quantitative estimate of drug-likeness (QED) is 0.0530. The fraction of sp³-hybridized carbons (Fsp3) is 0.333. The monoisotopic (exact) mass is 1130 g/mol. The second-order valence-electron chi connectivity index (χ2n) is 23.4. The largest absolute Gasteiger partial charge is 0.505 e. The molecule has 0 aliphatic carbocycles. The van der Waals surface area contributed by atoms with E-state index in [0.717, 1.165) is 118 Å². The highest BCUT2D eigenvalue weighted by Crippen LogP contribution is 2.46. The van der Waals surface area contributed by atoms with Crippen LogP contribution in [0.15, 0.2) is 170 Å². The number of para-hydroxylation sites is 6. The lowest BCUT2D eigenvalue weighted by Gasteiger charge is -2.34. The Hall–Kier alpha value is -6.79. The van der Waals surface area contributed by atoms with E-state index in [9.17, 15) is 10.2 Å². The van der Waals surface area contributed by atoms with Crippen molar-refractivity contribution < 1.29 is 19.7 Å². The minimum atomic E-state index is -2.33. The Morgan fingerprint density at radius 3 is 0.926 bits per heavy atom. The van der Waals surface area contributed by atoms with Gasteiger partial charge in [0.05, 0.1) is 62.0 Å². The number of aromatic hydroxyl groups is 2. The van der Waals surface area contributed by atoms with E-state index in [-0.39, 0.29) is 11.5 Å². The van der Waals surface area contributed by atoms with Gasteiger partial charge in [-0.2, -0.15) is 0 Å². The second kappa shape index (κ2) is 25.1. The van der Waals surface area contributed by atoms with Gasteiger partial charge in [0.25, 0.3) is 0 Å². The number of rotatable bonds is 26. The zero-order chi connectivity index (χ0) is 56.7. The van der Waals surface area contributed by atoms with Gasteiger partial charge in [0.2, 0.25) is 0 Å². The van der Waals surface area contributed by atoms with E-state index in [1.807, 2.05) is 0 Å². The van der Waals surface area contributed by atoms with Gasteiger partial charge in [-0.1, -0.05) is 274 Å². The summed E-state index contributed by atoms with van der Waals surface area (Å²) in [4.78, 5) is 0. The number of benzene rings is 8. The van der Waals surface area contributed by atoms with Crippen molar-refractivity contribution in [2.75, 3.05) is 12.5 Å². The summed E-state index contributed by atoms with van der Waals surface area (Å²) < 4.78 is 19.1. The normalized spacial score (nSPS) is 12.3. The molecule has 10 aromatic rings. The molecular weight excluding hydrogens is 1040 g/mol. The van der Waals surface area contributed by atoms with Crippen LogP contribution in [0.4, 0.5) is 0 Å². The maximum atomic E-state index is 13.0. The molecule has 0 radical (unpaired) electrons. The zero-order valence-corrected chi connectivity index (χ0v) is 52.6. The van der Waals surface area contributed by atoms with Crippen molar-refractivity contribution in [1.82, 2.24) is 9.13 Å². The van der Waals surface area contributed by atoms with Crippen LogP contribution in [0.1, 0.15) is 93.9 Å². The van der Waals surface area contributed by atoms with Gasteiger partial charge in [0.1, 0.15) is 31.1 Å². The third kappa shape index (κ3) is 10.8. The Bertz CT molecular complexity index is 3410. The molecule has 0 fully saturated rings. The molecule has 2 heterocycles. The SMILES string of the molecule is CCC[Si](CCC)(CCC)c1cc(-c2ccccc2OC[Si](CC)(CC)COc2ccccc2-c2cc([Si](CCC)(CCC)CCC)cc(-n3c4ccccc4c4ccccc43)c2O)c(O)c(-n2c3ccccc3c3ccccc32)c1. The molecule has 0 saturated heterocycles. The number of hydrogen-bond acceptors (Lipinski definition) is 4. The zero-order valence-electron chi connectivity index (χ0n) is 49.6. The molecule has 0 atom stereocenters. The van der Waals surface area contributed by atoms with E-state index in [1.165, 1.54) is 68.2 Å². The second-order valence-corrected chi connectivity index (χ2v) is 37.6. The van der Waals surface area contributed by atoms with Gasteiger partial charge in [-0.25, -0.2) is 0 Å². The maximum absolute atomic E-state index is 13.0. The van der Waals surface area contributed by atoms with Gasteiger partial charge < -0.3 is 28.8 Å². The first kappa shape index (κ1) is 57.4. The van der Waals surface area contributed by atoms with Crippen LogP contribution in [0.3, 0.4) is 0 Å². The molecule has 0 spiro atoms. The van der Waals surface area contributed by atoms with E-state index in [0.29, 0.717) is 12.5 Å². The lowest BCUT2D eigenvalue weighted by atomic mass is 10.0. The van der Waals surface area contributed by atoms with Crippen LogP contribution in [0.2, 0.25) is 48.4 Å². The molecular formula is C72H86N2O4Si3. The van der Waals surface area contributed by atoms with Crippen LogP contribution in [0.25, 0.3) is 77.2 Å². The predicted molar refractivity (Wildman–Crippen MR) is 355 cm³/mol. The van der Waals surface area contributed by atoms with Crippen molar-refractivity contribution in [2.24, 2.45) is 0 Å². The summed E-state index contributed by atoms with van der Waals surface area (Å²) >= 11 is 0. The van der Waals surface area contributed by atoms with E-state index in [1.54, 1.807) is 0 Å². The van der Waals surface area contributed by atoms with Crippen molar-refractivity contribution in [3.8, 4) is 56.6 Å². The van der Waals surface area contributed by atoms with Crippen molar-refractivity contribution in [3.63, 3.8) is 0 Å². The number of aromatic nitrogens is 2. The number of phenolic OH excluding ortho intramolecular Hbond substituents is 2. The average molecular weight is 1130 g/mol. The van der Waals surface area contributed by atoms with E-state index < -0.39 is 24.2 Å². The molecule has 0 aliphatic heterocycles. The Balaban J connectivity index is 1.05. The van der Waals surface area contributed by atoms with E-state index in [2.05, 4.69) is 234 Å². The molecule has 9 heteroatoms. The summed E-state index contributed by atoms with van der Waals surface area (Å²) in [5.74, 6) is 2.11. The Morgan fingerprint density at radius 1 is 0.346 bits per heavy atom. The maximum Gasteiger partial charge on any atom is 0.147 e. The molecule has 0 unspecified atom stereocenters. The Kier molecular flexibility index (Phi) is 17.8. The summed E-state index contributed by atoms with van der Waals surface area (Å²) in [6.45, 7) is 18.7. The predicted octanol–water partition coefficient (Wildman–Crippen LogP) is 19.4. The minimum absolute atomic E-state index is 0.274. The van der Waals surface area contributed by atoms with Gasteiger partial charge in [0.15, 0.2) is 0 Å². The van der Waals surface area contributed by atoms with Gasteiger partial charge >= 0.3 is 0 Å². The summed E-state index contributed by atoms with van der Waals surface area (Å²) in [6.07, 6.45) is 7.92. The van der Waals surface area contributed by atoms with Crippen molar-refractivity contribution in [2.45, 2.75) is 142 Å². The Morgan fingerprint density at radius 2 is 0.630 bits per heavy atom. The van der Waals surface area contributed by atoms with Crippen molar-refractivity contribution in [3.05, 3.63) is 170 Å². The summed E-state index contributed by atoms with van der Waals surface area (Å²) in [7, 11) is -6.42. The summed E-state index contributed by atoms with van der Waals surface area (Å²) in [6, 6.07) is 69.9. The van der Waals surface area contributed by atoms with Crippen molar-refractivity contribution in [1.29, 1.82) is 0 Å².